The van der Waals surface area contributed by atoms with Crippen LogP contribution in [0, 0.1) is 5.82 Å². The van der Waals surface area contributed by atoms with Crippen LogP contribution in [0.3, 0.4) is 0 Å². The quantitative estimate of drug-likeness (QED) is 0.634. The number of carbonyl (C=O) groups excluding carboxylic acids is 3. The molecule has 2 aromatic rings. The van der Waals surface area contributed by atoms with Crippen molar-refractivity contribution in [2.24, 2.45) is 0 Å². The molecule has 0 saturated carbocycles. The first-order valence-electron chi connectivity index (χ1n) is 9.46. The lowest BCUT2D eigenvalue weighted by molar-refractivity contribution is -0.153. The molecule has 6 nitrogen and oxygen atoms in total. The molecule has 2 amide bonds. The van der Waals surface area contributed by atoms with Crippen molar-refractivity contribution in [3.63, 3.8) is 0 Å². The van der Waals surface area contributed by atoms with Crippen LogP contribution in [0.2, 0.25) is 0 Å². The van der Waals surface area contributed by atoms with Crippen molar-refractivity contribution in [3.05, 3.63) is 71.5 Å². The number of esters is 1. The van der Waals surface area contributed by atoms with Crippen LogP contribution in [0.4, 0.5) is 4.39 Å². The Hall–Kier alpha value is -3.22. The van der Waals surface area contributed by atoms with E-state index in [-0.39, 0.29) is 11.5 Å². The standard InChI is InChI=1S/C22H25FN2O4/c1-3-16(17-8-5-4-6-9-17)13-24-21(27)15(2)29-20(26)14-25-22(28)18-10-7-11-19(23)12-18/h4-12,15-16H,3,13-14H2,1-2H3,(H,24,27)(H,25,28)/t15-,16+/m1/s1. The number of hydrogen-bond donors (Lipinski definition) is 2. The highest BCUT2D eigenvalue weighted by atomic mass is 19.1. The minimum Gasteiger partial charge on any atom is -0.451 e. The summed E-state index contributed by atoms with van der Waals surface area (Å²) in [6, 6.07) is 14.9. The molecule has 2 aromatic carbocycles. The van der Waals surface area contributed by atoms with Gasteiger partial charge in [0.2, 0.25) is 0 Å². The zero-order valence-corrected chi connectivity index (χ0v) is 16.5. The number of carbonyl (C=O) groups is 3. The third-order valence-corrected chi connectivity index (χ3v) is 4.44. The van der Waals surface area contributed by atoms with Crippen molar-refractivity contribution < 1.29 is 23.5 Å². The Morgan fingerprint density at radius 1 is 1.03 bits per heavy atom. The van der Waals surface area contributed by atoms with Crippen molar-refractivity contribution in [3.8, 4) is 0 Å². The fraction of sp³-hybridized carbons (Fsp3) is 0.318. The van der Waals surface area contributed by atoms with Crippen molar-refractivity contribution >= 4 is 17.8 Å². The van der Waals surface area contributed by atoms with E-state index in [1.807, 2.05) is 37.3 Å². The van der Waals surface area contributed by atoms with E-state index in [2.05, 4.69) is 10.6 Å². The Labute approximate surface area is 169 Å². The molecule has 7 heteroatoms. The topological polar surface area (TPSA) is 84.5 Å². The Kier molecular flexibility index (Phi) is 8.33. The van der Waals surface area contributed by atoms with E-state index in [0.717, 1.165) is 18.1 Å². The summed E-state index contributed by atoms with van der Waals surface area (Å²) in [5.74, 6) is -2.16. The van der Waals surface area contributed by atoms with Gasteiger partial charge in [-0.25, -0.2) is 4.39 Å². The van der Waals surface area contributed by atoms with Gasteiger partial charge in [0, 0.05) is 18.0 Å². The Morgan fingerprint density at radius 3 is 2.41 bits per heavy atom. The molecule has 0 heterocycles. The molecule has 29 heavy (non-hydrogen) atoms. The lowest BCUT2D eigenvalue weighted by atomic mass is 9.96. The minimum absolute atomic E-state index is 0.0927. The SMILES string of the molecule is CC[C@@H](CNC(=O)[C@@H](C)OC(=O)CNC(=O)c1cccc(F)c1)c1ccccc1. The Morgan fingerprint density at radius 2 is 1.76 bits per heavy atom. The highest BCUT2D eigenvalue weighted by Gasteiger charge is 2.19. The van der Waals surface area contributed by atoms with E-state index >= 15 is 0 Å². The molecule has 0 bridgehead atoms. The monoisotopic (exact) mass is 400 g/mol. The summed E-state index contributed by atoms with van der Waals surface area (Å²) in [5.41, 5.74) is 1.22. The smallest absolute Gasteiger partial charge is 0.326 e. The van der Waals surface area contributed by atoms with Gasteiger partial charge in [-0.2, -0.15) is 0 Å². The molecule has 0 radical (unpaired) electrons. The molecule has 0 fully saturated rings. The maximum Gasteiger partial charge on any atom is 0.326 e. The second-order valence-corrected chi connectivity index (χ2v) is 6.59. The zero-order chi connectivity index (χ0) is 21.2. The van der Waals surface area contributed by atoms with Crippen LogP contribution in [0.5, 0.6) is 0 Å². The third kappa shape index (κ3) is 7.03. The summed E-state index contributed by atoms with van der Waals surface area (Å²) in [4.78, 5) is 36.0. The molecule has 0 aliphatic carbocycles. The van der Waals surface area contributed by atoms with Crippen molar-refractivity contribution in [1.29, 1.82) is 0 Å². The molecule has 0 saturated heterocycles. The van der Waals surface area contributed by atoms with Crippen LogP contribution < -0.4 is 10.6 Å². The lowest BCUT2D eigenvalue weighted by Gasteiger charge is -2.18. The highest BCUT2D eigenvalue weighted by molar-refractivity contribution is 5.96. The van der Waals surface area contributed by atoms with Gasteiger partial charge in [0.05, 0.1) is 0 Å². The molecule has 0 unspecified atom stereocenters. The minimum atomic E-state index is -0.998. The van der Waals surface area contributed by atoms with Gasteiger partial charge >= 0.3 is 5.97 Å². The van der Waals surface area contributed by atoms with E-state index in [9.17, 15) is 18.8 Å². The average Bonchev–Trinajstić information content (AvgIpc) is 2.73. The Bertz CT molecular complexity index is 842. The normalized spacial score (nSPS) is 12.5. The first-order chi connectivity index (χ1) is 13.9. The van der Waals surface area contributed by atoms with Crippen LogP contribution in [0.15, 0.2) is 54.6 Å². The number of nitrogens with one attached hydrogen (secondary N) is 2. The summed E-state index contributed by atoms with van der Waals surface area (Å²) in [7, 11) is 0. The van der Waals surface area contributed by atoms with Gasteiger partial charge in [0.25, 0.3) is 11.8 Å². The summed E-state index contributed by atoms with van der Waals surface area (Å²) in [5, 5.41) is 5.13. The first kappa shape index (κ1) is 22.1. The van der Waals surface area contributed by atoms with Gasteiger partial charge in [0.1, 0.15) is 12.4 Å². The van der Waals surface area contributed by atoms with E-state index in [4.69, 9.17) is 4.74 Å². The second-order valence-electron chi connectivity index (χ2n) is 6.59. The maximum atomic E-state index is 13.1. The molecular formula is C22H25FN2O4. The molecule has 2 rings (SSSR count). The predicted octanol–water partition coefficient (Wildman–Crippen LogP) is 2.80. The highest BCUT2D eigenvalue weighted by Crippen LogP contribution is 2.18. The van der Waals surface area contributed by atoms with Crippen LogP contribution in [0.25, 0.3) is 0 Å². The van der Waals surface area contributed by atoms with E-state index in [0.29, 0.717) is 6.54 Å². The zero-order valence-electron chi connectivity index (χ0n) is 16.5. The molecule has 2 atom stereocenters. The molecule has 0 aliphatic heterocycles. The van der Waals surface area contributed by atoms with Crippen molar-refractivity contribution in [2.45, 2.75) is 32.3 Å². The average molecular weight is 400 g/mol. The van der Waals surface area contributed by atoms with Crippen molar-refractivity contribution in [2.75, 3.05) is 13.1 Å². The van der Waals surface area contributed by atoms with Gasteiger partial charge in [-0.15, -0.1) is 0 Å². The Balaban J connectivity index is 1.76. The fourth-order valence-corrected chi connectivity index (χ4v) is 2.77. The van der Waals surface area contributed by atoms with E-state index in [1.165, 1.54) is 25.1 Å². The van der Waals surface area contributed by atoms with E-state index in [1.54, 1.807) is 0 Å². The maximum absolute atomic E-state index is 13.1. The molecule has 0 aromatic heterocycles. The predicted molar refractivity (Wildman–Crippen MR) is 107 cm³/mol. The lowest BCUT2D eigenvalue weighted by Crippen LogP contribution is -2.40. The van der Waals surface area contributed by atoms with E-state index < -0.39 is 36.2 Å². The molecule has 0 spiro atoms. The molecule has 154 valence electrons. The molecule has 0 aliphatic rings. The fourth-order valence-electron chi connectivity index (χ4n) is 2.77. The van der Waals surface area contributed by atoms with Crippen molar-refractivity contribution in [1.82, 2.24) is 10.6 Å². The number of hydrogen-bond acceptors (Lipinski definition) is 4. The molecular weight excluding hydrogens is 375 g/mol. The number of halogens is 1. The van der Waals surface area contributed by atoms with Gasteiger partial charge in [0.15, 0.2) is 6.10 Å². The largest absolute Gasteiger partial charge is 0.451 e. The number of rotatable bonds is 9. The molecule has 2 N–H and O–H groups in total. The van der Waals surface area contributed by atoms with Crippen LogP contribution in [0.1, 0.15) is 42.1 Å². The van der Waals surface area contributed by atoms with Gasteiger partial charge in [-0.05, 0) is 37.1 Å². The van der Waals surface area contributed by atoms with Gasteiger partial charge in [-0.3, -0.25) is 14.4 Å². The summed E-state index contributed by atoms with van der Waals surface area (Å²) in [6.07, 6.45) is -0.147. The van der Waals surface area contributed by atoms with Crippen LogP contribution >= 0.6 is 0 Å². The number of amides is 2. The van der Waals surface area contributed by atoms with Crippen LogP contribution in [-0.2, 0) is 14.3 Å². The van der Waals surface area contributed by atoms with Gasteiger partial charge < -0.3 is 15.4 Å². The number of benzene rings is 2. The van der Waals surface area contributed by atoms with Crippen LogP contribution in [-0.4, -0.2) is 37.0 Å². The first-order valence-corrected chi connectivity index (χ1v) is 9.46. The summed E-state index contributed by atoms with van der Waals surface area (Å²) >= 11 is 0. The summed E-state index contributed by atoms with van der Waals surface area (Å²) in [6.45, 7) is 3.51. The summed E-state index contributed by atoms with van der Waals surface area (Å²) < 4.78 is 18.2. The second kappa shape index (κ2) is 10.9. The number of ether oxygens (including phenoxy) is 1. The third-order valence-electron chi connectivity index (χ3n) is 4.44. The van der Waals surface area contributed by atoms with Gasteiger partial charge in [-0.1, -0.05) is 43.3 Å².